The van der Waals surface area contributed by atoms with Gasteiger partial charge in [0, 0.05) is 24.3 Å². The van der Waals surface area contributed by atoms with Crippen molar-refractivity contribution in [3.05, 3.63) is 29.8 Å². The lowest BCUT2D eigenvalue weighted by atomic mass is 10.1. The van der Waals surface area contributed by atoms with Gasteiger partial charge in [0.2, 0.25) is 5.91 Å². The largest absolute Gasteiger partial charge is 0.339 e. The second-order valence-electron chi connectivity index (χ2n) is 4.33. The van der Waals surface area contributed by atoms with Gasteiger partial charge in [-0.25, -0.2) is 0 Å². The maximum absolute atomic E-state index is 12.1. The van der Waals surface area contributed by atoms with Gasteiger partial charge < -0.3 is 16.0 Å². The normalized spacial score (nSPS) is 11.2. The van der Waals surface area contributed by atoms with Gasteiger partial charge in [-0.1, -0.05) is 0 Å². The van der Waals surface area contributed by atoms with E-state index >= 15 is 0 Å². The molecule has 6 heteroatoms. The van der Waals surface area contributed by atoms with E-state index in [1.54, 1.807) is 36.1 Å². The summed E-state index contributed by atoms with van der Waals surface area (Å²) in [4.78, 5) is 25.2. The molecule has 0 aliphatic rings. The molecule has 20 heavy (non-hydrogen) atoms. The molecule has 0 fully saturated rings. The third-order valence-electron chi connectivity index (χ3n) is 2.86. The van der Waals surface area contributed by atoms with E-state index in [-0.39, 0.29) is 24.2 Å². The molecule has 0 bridgehead atoms. The molecule has 0 unspecified atom stereocenters. The fraction of sp³-hybridized carbons (Fsp3) is 0.429. The molecule has 112 valence electrons. The molecule has 3 N–H and O–H groups in total. The summed E-state index contributed by atoms with van der Waals surface area (Å²) < 4.78 is 0. The highest BCUT2D eigenvalue weighted by Gasteiger charge is 2.12. The van der Waals surface area contributed by atoms with Crippen LogP contribution in [0, 0.1) is 0 Å². The highest BCUT2D eigenvalue weighted by atomic mass is 35.5. The molecule has 0 heterocycles. The number of anilines is 1. The summed E-state index contributed by atoms with van der Waals surface area (Å²) in [6.45, 7) is 6.86. The van der Waals surface area contributed by atoms with Gasteiger partial charge in [-0.15, -0.1) is 12.4 Å². The Hall–Kier alpha value is -1.59. The van der Waals surface area contributed by atoms with Crippen LogP contribution in [0.25, 0.3) is 0 Å². The molecular weight excluding hydrogens is 278 g/mol. The minimum atomic E-state index is -0.558. The topological polar surface area (TPSA) is 75.4 Å². The number of nitrogens with two attached hydrogens (primary N) is 1. The molecule has 2 amide bonds. The number of nitrogens with zero attached hydrogens (tertiary/aromatic N) is 1. The molecule has 0 saturated carbocycles. The van der Waals surface area contributed by atoms with E-state index in [0.29, 0.717) is 24.3 Å². The van der Waals surface area contributed by atoms with Gasteiger partial charge in [0.15, 0.2) is 0 Å². The van der Waals surface area contributed by atoms with Crippen molar-refractivity contribution in [1.82, 2.24) is 4.90 Å². The quantitative estimate of drug-likeness (QED) is 0.871. The zero-order chi connectivity index (χ0) is 14.4. The van der Waals surface area contributed by atoms with Gasteiger partial charge in [-0.2, -0.15) is 0 Å². The number of carbonyl (C=O) groups excluding carboxylic acids is 2. The predicted octanol–water partition coefficient (Wildman–Crippen LogP) is 1.88. The molecule has 1 aromatic rings. The number of nitrogens with one attached hydrogen (secondary N) is 1. The molecule has 0 radical (unpaired) electrons. The molecule has 0 aromatic heterocycles. The Kier molecular flexibility index (Phi) is 7.87. The molecular formula is C14H22ClN3O2. The molecule has 0 saturated heterocycles. The van der Waals surface area contributed by atoms with Gasteiger partial charge in [0.1, 0.15) is 0 Å². The molecule has 0 aliphatic carbocycles. The van der Waals surface area contributed by atoms with Crippen molar-refractivity contribution in [2.75, 3.05) is 18.4 Å². The maximum Gasteiger partial charge on any atom is 0.253 e. The fourth-order valence-electron chi connectivity index (χ4n) is 1.65. The zero-order valence-corrected chi connectivity index (χ0v) is 12.9. The van der Waals surface area contributed by atoms with E-state index < -0.39 is 6.04 Å². The lowest BCUT2D eigenvalue weighted by molar-refractivity contribution is -0.117. The van der Waals surface area contributed by atoms with Gasteiger partial charge >= 0.3 is 0 Å². The average Bonchev–Trinajstić information content (AvgIpc) is 2.40. The van der Waals surface area contributed by atoms with Crippen molar-refractivity contribution in [2.24, 2.45) is 5.73 Å². The van der Waals surface area contributed by atoms with Gasteiger partial charge in [-0.3, -0.25) is 9.59 Å². The van der Waals surface area contributed by atoms with Crippen LogP contribution in [0.15, 0.2) is 24.3 Å². The Morgan fingerprint density at radius 1 is 1.20 bits per heavy atom. The lowest BCUT2D eigenvalue weighted by Gasteiger charge is -2.18. The van der Waals surface area contributed by atoms with Crippen LogP contribution in [0.1, 0.15) is 31.1 Å². The molecule has 5 nitrogen and oxygen atoms in total. The highest BCUT2D eigenvalue weighted by Crippen LogP contribution is 2.11. The van der Waals surface area contributed by atoms with Crippen LogP contribution in [0.2, 0.25) is 0 Å². The SMILES string of the molecule is CCN(CC)C(=O)c1ccc(NC(=O)[C@H](C)N)cc1.Cl. The zero-order valence-electron chi connectivity index (χ0n) is 12.1. The van der Waals surface area contributed by atoms with E-state index in [1.807, 2.05) is 13.8 Å². The van der Waals surface area contributed by atoms with Crippen LogP contribution in [0.3, 0.4) is 0 Å². The van der Waals surface area contributed by atoms with Crippen LogP contribution in [-0.4, -0.2) is 35.8 Å². The first-order valence-electron chi connectivity index (χ1n) is 6.45. The highest BCUT2D eigenvalue weighted by molar-refractivity contribution is 5.96. The molecule has 0 spiro atoms. The van der Waals surface area contributed by atoms with Crippen LogP contribution >= 0.6 is 12.4 Å². The smallest absolute Gasteiger partial charge is 0.253 e. The first-order valence-corrected chi connectivity index (χ1v) is 6.45. The Morgan fingerprint density at radius 2 is 1.70 bits per heavy atom. The van der Waals surface area contributed by atoms with Crippen molar-refractivity contribution in [3.63, 3.8) is 0 Å². The Labute approximate surface area is 125 Å². The maximum atomic E-state index is 12.1. The van der Waals surface area contributed by atoms with Gasteiger partial charge in [0.05, 0.1) is 6.04 Å². The first kappa shape index (κ1) is 18.4. The van der Waals surface area contributed by atoms with Crippen molar-refractivity contribution >= 4 is 29.9 Å². The number of amides is 2. The average molecular weight is 300 g/mol. The van der Waals surface area contributed by atoms with Crippen LogP contribution in [0.5, 0.6) is 0 Å². The van der Waals surface area contributed by atoms with E-state index in [9.17, 15) is 9.59 Å². The van der Waals surface area contributed by atoms with Crippen molar-refractivity contribution in [3.8, 4) is 0 Å². The van der Waals surface area contributed by atoms with Crippen LogP contribution in [-0.2, 0) is 4.79 Å². The molecule has 1 aromatic carbocycles. The summed E-state index contributed by atoms with van der Waals surface area (Å²) in [6, 6.07) is 6.26. The van der Waals surface area contributed by atoms with Gasteiger partial charge in [-0.05, 0) is 45.0 Å². The summed E-state index contributed by atoms with van der Waals surface area (Å²) in [5.74, 6) is -0.252. The van der Waals surface area contributed by atoms with Crippen molar-refractivity contribution < 1.29 is 9.59 Å². The van der Waals surface area contributed by atoms with E-state index in [4.69, 9.17) is 5.73 Å². The van der Waals surface area contributed by atoms with E-state index in [1.165, 1.54) is 0 Å². The summed E-state index contributed by atoms with van der Waals surface area (Å²) in [5.41, 5.74) is 6.72. The predicted molar refractivity (Wildman–Crippen MR) is 83.2 cm³/mol. The fourth-order valence-corrected chi connectivity index (χ4v) is 1.65. The minimum Gasteiger partial charge on any atom is -0.339 e. The minimum absolute atomic E-state index is 0. The van der Waals surface area contributed by atoms with Crippen LogP contribution in [0.4, 0.5) is 5.69 Å². The number of benzene rings is 1. The monoisotopic (exact) mass is 299 g/mol. The summed E-state index contributed by atoms with van der Waals surface area (Å²) in [6.07, 6.45) is 0. The third-order valence-corrected chi connectivity index (χ3v) is 2.86. The molecule has 0 aliphatic heterocycles. The summed E-state index contributed by atoms with van der Waals surface area (Å²) in [7, 11) is 0. The number of hydrogen-bond donors (Lipinski definition) is 2. The number of carbonyl (C=O) groups is 2. The van der Waals surface area contributed by atoms with Crippen LogP contribution < -0.4 is 11.1 Å². The second-order valence-corrected chi connectivity index (χ2v) is 4.33. The van der Waals surface area contributed by atoms with Gasteiger partial charge in [0.25, 0.3) is 5.91 Å². The van der Waals surface area contributed by atoms with Crippen molar-refractivity contribution in [1.29, 1.82) is 0 Å². The standard InChI is InChI=1S/C14H21N3O2.ClH/c1-4-17(5-2)14(19)11-6-8-12(9-7-11)16-13(18)10(3)15;/h6-10H,4-5,15H2,1-3H3,(H,16,18);1H/t10-;/m0./s1. The van der Waals surface area contributed by atoms with E-state index in [2.05, 4.69) is 5.32 Å². The number of hydrogen-bond acceptors (Lipinski definition) is 3. The Morgan fingerprint density at radius 3 is 2.10 bits per heavy atom. The summed E-state index contributed by atoms with van der Waals surface area (Å²) >= 11 is 0. The Bertz CT molecular complexity index is 442. The molecule has 1 rings (SSSR count). The Balaban J connectivity index is 0.00000361. The molecule has 1 atom stereocenters. The lowest BCUT2D eigenvalue weighted by Crippen LogP contribution is -2.32. The first-order chi connectivity index (χ1) is 8.99. The second kappa shape index (κ2) is 8.55. The van der Waals surface area contributed by atoms with Crippen molar-refractivity contribution in [2.45, 2.75) is 26.8 Å². The third kappa shape index (κ3) is 4.83. The number of halogens is 1. The summed E-state index contributed by atoms with van der Waals surface area (Å²) in [5, 5.41) is 2.68. The van der Waals surface area contributed by atoms with E-state index in [0.717, 1.165) is 0 Å². The number of rotatable bonds is 5.